The lowest BCUT2D eigenvalue weighted by atomic mass is 10.0. The van der Waals surface area contributed by atoms with Crippen molar-refractivity contribution in [1.82, 2.24) is 5.32 Å². The molecule has 2 unspecified atom stereocenters. The Morgan fingerprint density at radius 2 is 0.573 bits per heavy atom. The first kappa shape index (κ1) is 80.3. The second-order valence-corrected chi connectivity index (χ2v) is 26.0. The normalized spacial score (nSPS) is 12.6. The van der Waals surface area contributed by atoms with Crippen molar-refractivity contribution in [1.29, 1.82) is 0 Å². The first-order chi connectivity index (χ1) is 40.5. The minimum Gasteiger partial charge on any atom is -0.466 e. The van der Waals surface area contributed by atoms with Gasteiger partial charge in [0.05, 0.1) is 25.4 Å². The molecule has 0 aliphatic rings. The molecule has 0 radical (unpaired) electrons. The third-order valence-electron chi connectivity index (χ3n) is 17.7. The molecule has 0 aliphatic carbocycles. The van der Waals surface area contributed by atoms with Crippen molar-refractivity contribution in [3.8, 4) is 0 Å². The zero-order chi connectivity index (χ0) is 59.2. The molecular formula is C76H147NO5. The van der Waals surface area contributed by atoms with Crippen LogP contribution < -0.4 is 5.32 Å². The zero-order valence-corrected chi connectivity index (χ0v) is 55.8. The van der Waals surface area contributed by atoms with Crippen LogP contribution in [-0.4, -0.2) is 47.4 Å². The van der Waals surface area contributed by atoms with Crippen LogP contribution in [-0.2, 0) is 14.3 Å². The van der Waals surface area contributed by atoms with Gasteiger partial charge in [-0.25, -0.2) is 0 Å². The predicted molar refractivity (Wildman–Crippen MR) is 361 cm³/mol. The lowest BCUT2D eigenvalue weighted by Crippen LogP contribution is -2.45. The summed E-state index contributed by atoms with van der Waals surface area (Å²) in [5.41, 5.74) is 0. The largest absolute Gasteiger partial charge is 0.466 e. The fraction of sp³-hybridized carbons (Fsp3) is 0.921. The van der Waals surface area contributed by atoms with E-state index in [0.717, 1.165) is 44.9 Å². The maximum atomic E-state index is 12.5. The van der Waals surface area contributed by atoms with E-state index < -0.39 is 12.1 Å². The molecule has 0 heterocycles. The molecule has 0 aromatic heterocycles. The molecule has 2 atom stereocenters. The maximum Gasteiger partial charge on any atom is 0.305 e. The molecule has 486 valence electrons. The van der Waals surface area contributed by atoms with Crippen LogP contribution in [0.1, 0.15) is 425 Å². The van der Waals surface area contributed by atoms with Crippen LogP contribution in [0.3, 0.4) is 0 Å². The lowest BCUT2D eigenvalue weighted by Gasteiger charge is -2.22. The zero-order valence-electron chi connectivity index (χ0n) is 55.8. The number of carbonyl (C=O) groups excluding carboxylic acids is 2. The molecule has 6 nitrogen and oxygen atoms in total. The molecule has 0 saturated heterocycles. The van der Waals surface area contributed by atoms with Gasteiger partial charge in [0.25, 0.3) is 0 Å². The molecule has 0 spiro atoms. The number of aliphatic hydroxyl groups is 2. The summed E-state index contributed by atoms with van der Waals surface area (Å²) < 4.78 is 5.48. The van der Waals surface area contributed by atoms with E-state index in [-0.39, 0.29) is 18.5 Å². The molecule has 6 heteroatoms. The van der Waals surface area contributed by atoms with Gasteiger partial charge in [0.2, 0.25) is 5.91 Å². The fourth-order valence-corrected chi connectivity index (χ4v) is 12.0. The van der Waals surface area contributed by atoms with Gasteiger partial charge < -0.3 is 20.3 Å². The molecule has 0 bridgehead atoms. The number of esters is 1. The van der Waals surface area contributed by atoms with Crippen LogP contribution in [0, 0.1) is 0 Å². The Morgan fingerprint density at radius 3 is 0.890 bits per heavy atom. The Kier molecular flexibility index (Phi) is 70.4. The Labute approximate surface area is 513 Å². The molecule has 0 aromatic carbocycles. The van der Waals surface area contributed by atoms with Crippen LogP contribution in [0.15, 0.2) is 24.3 Å². The number of allylic oxidation sites excluding steroid dienone is 4. The number of amides is 1. The molecule has 82 heavy (non-hydrogen) atoms. The molecule has 0 saturated carbocycles. The summed E-state index contributed by atoms with van der Waals surface area (Å²) >= 11 is 0. The average molecular weight is 1160 g/mol. The van der Waals surface area contributed by atoms with Crippen LogP contribution >= 0.6 is 0 Å². The van der Waals surface area contributed by atoms with Crippen molar-refractivity contribution in [2.75, 3.05) is 13.2 Å². The Bertz CT molecular complexity index is 1280. The molecule has 0 rings (SSSR count). The Morgan fingerprint density at radius 1 is 0.329 bits per heavy atom. The van der Waals surface area contributed by atoms with E-state index in [1.165, 1.54) is 347 Å². The number of aliphatic hydroxyl groups excluding tert-OH is 2. The second kappa shape index (κ2) is 71.8. The average Bonchev–Trinajstić information content (AvgIpc) is 3.48. The van der Waals surface area contributed by atoms with Crippen LogP contribution in [0.2, 0.25) is 0 Å². The topological polar surface area (TPSA) is 95.9 Å². The quantitative estimate of drug-likeness (QED) is 0.0320. The minimum atomic E-state index is -0.660. The van der Waals surface area contributed by atoms with Gasteiger partial charge in [-0.15, -0.1) is 0 Å². The second-order valence-electron chi connectivity index (χ2n) is 26.0. The number of ether oxygens (including phenoxy) is 1. The molecular weight excluding hydrogens is 1010 g/mol. The van der Waals surface area contributed by atoms with E-state index in [9.17, 15) is 19.8 Å². The molecule has 0 fully saturated rings. The standard InChI is InChI=1S/C76H147NO5/c1-3-5-7-9-11-13-15-17-45-48-52-56-60-64-68-74(79)73(72-78)77-75(80)69-65-61-57-53-49-46-43-41-39-37-35-33-31-29-27-25-23-21-19-18-20-22-24-26-28-30-32-34-36-38-40-42-44-47-51-55-59-63-67-71-82-76(81)70-66-62-58-54-50-16-14-12-10-8-6-4-2/h12,14,18-19,73-74,78-79H,3-11,13,15-17,20-72H2,1-2H3,(H,77,80)/b14-12-,19-18-. The summed E-state index contributed by atoms with van der Waals surface area (Å²) in [4.78, 5) is 24.5. The van der Waals surface area contributed by atoms with E-state index in [4.69, 9.17) is 4.74 Å². The van der Waals surface area contributed by atoms with Crippen molar-refractivity contribution >= 4 is 11.9 Å². The van der Waals surface area contributed by atoms with Crippen molar-refractivity contribution in [2.24, 2.45) is 0 Å². The highest BCUT2D eigenvalue weighted by Gasteiger charge is 2.20. The third kappa shape index (κ3) is 67.5. The molecule has 1 amide bonds. The SMILES string of the molecule is CCCCC/C=C\CCCCCCCC(=O)OCCCCCCCCCCCCCCCCCCCC/C=C\CCCCCCCCCCCCCCCCCCCC(=O)NC(CO)C(O)CCCCCCCCCCCCCCCC. The minimum absolute atomic E-state index is 0.0129. The lowest BCUT2D eigenvalue weighted by molar-refractivity contribution is -0.143. The van der Waals surface area contributed by atoms with Crippen LogP contribution in [0.25, 0.3) is 0 Å². The number of nitrogens with one attached hydrogen (secondary N) is 1. The van der Waals surface area contributed by atoms with Crippen LogP contribution in [0.5, 0.6) is 0 Å². The van der Waals surface area contributed by atoms with Gasteiger partial charge in [0.1, 0.15) is 0 Å². The van der Waals surface area contributed by atoms with Gasteiger partial charge in [-0.2, -0.15) is 0 Å². The van der Waals surface area contributed by atoms with Gasteiger partial charge in [0, 0.05) is 12.8 Å². The van der Waals surface area contributed by atoms with Crippen molar-refractivity contribution in [2.45, 2.75) is 437 Å². The van der Waals surface area contributed by atoms with Gasteiger partial charge in [-0.3, -0.25) is 9.59 Å². The van der Waals surface area contributed by atoms with Crippen molar-refractivity contribution in [3.05, 3.63) is 24.3 Å². The van der Waals surface area contributed by atoms with Crippen LogP contribution in [0.4, 0.5) is 0 Å². The van der Waals surface area contributed by atoms with Gasteiger partial charge in [-0.1, -0.05) is 359 Å². The molecule has 3 N–H and O–H groups in total. The number of hydrogen-bond acceptors (Lipinski definition) is 5. The predicted octanol–water partition coefficient (Wildman–Crippen LogP) is 24.5. The Hall–Kier alpha value is -1.66. The summed E-state index contributed by atoms with van der Waals surface area (Å²) in [7, 11) is 0. The number of hydrogen-bond donors (Lipinski definition) is 3. The first-order valence-electron chi connectivity index (χ1n) is 37.6. The van der Waals surface area contributed by atoms with Crippen molar-refractivity contribution < 1.29 is 24.5 Å². The smallest absolute Gasteiger partial charge is 0.305 e. The van der Waals surface area contributed by atoms with Gasteiger partial charge in [0.15, 0.2) is 0 Å². The van der Waals surface area contributed by atoms with Crippen molar-refractivity contribution in [3.63, 3.8) is 0 Å². The van der Waals surface area contributed by atoms with Gasteiger partial charge >= 0.3 is 5.97 Å². The third-order valence-corrected chi connectivity index (χ3v) is 17.7. The van der Waals surface area contributed by atoms with E-state index in [1.54, 1.807) is 0 Å². The van der Waals surface area contributed by atoms with E-state index >= 15 is 0 Å². The fourth-order valence-electron chi connectivity index (χ4n) is 12.0. The van der Waals surface area contributed by atoms with E-state index in [0.29, 0.717) is 25.9 Å². The number of carbonyl (C=O) groups is 2. The Balaban J connectivity index is 3.31. The summed E-state index contributed by atoms with van der Waals surface area (Å²) in [6.45, 7) is 4.96. The highest BCUT2D eigenvalue weighted by atomic mass is 16.5. The number of unbranched alkanes of at least 4 members (excludes halogenated alkanes) is 56. The highest BCUT2D eigenvalue weighted by Crippen LogP contribution is 2.19. The monoisotopic (exact) mass is 1150 g/mol. The van der Waals surface area contributed by atoms with Gasteiger partial charge in [-0.05, 0) is 77.0 Å². The molecule has 0 aliphatic heterocycles. The number of rotatable bonds is 71. The molecule has 0 aromatic rings. The first-order valence-corrected chi connectivity index (χ1v) is 37.6. The van der Waals surface area contributed by atoms with E-state index in [2.05, 4.69) is 43.5 Å². The summed E-state index contributed by atoms with van der Waals surface area (Å²) in [5, 5.41) is 23.3. The summed E-state index contributed by atoms with van der Waals surface area (Å²) in [6, 6.07) is -0.537. The summed E-state index contributed by atoms with van der Waals surface area (Å²) in [6.07, 6.45) is 91.3. The van der Waals surface area contributed by atoms with E-state index in [1.807, 2.05) is 0 Å². The maximum absolute atomic E-state index is 12.5. The summed E-state index contributed by atoms with van der Waals surface area (Å²) in [5.74, 6) is -0.0149. The highest BCUT2D eigenvalue weighted by molar-refractivity contribution is 5.76.